The van der Waals surface area contributed by atoms with E-state index in [9.17, 15) is 9.59 Å². The molecule has 1 aromatic rings. The molecular formula is C16H24N2O3. The Balaban J connectivity index is 2.62. The van der Waals surface area contributed by atoms with E-state index in [1.165, 1.54) is 0 Å². The molecule has 0 bridgehead atoms. The van der Waals surface area contributed by atoms with Crippen molar-refractivity contribution in [2.75, 3.05) is 6.61 Å². The third-order valence-electron chi connectivity index (χ3n) is 3.12. The summed E-state index contributed by atoms with van der Waals surface area (Å²) in [5.41, 5.74) is 1.03. The predicted octanol–water partition coefficient (Wildman–Crippen LogP) is 2.78. The molecule has 5 heteroatoms. The van der Waals surface area contributed by atoms with Crippen LogP contribution in [0.2, 0.25) is 0 Å². The molecule has 21 heavy (non-hydrogen) atoms. The Morgan fingerprint density at radius 3 is 2.38 bits per heavy atom. The maximum Gasteiger partial charge on any atom is 0.407 e. The minimum atomic E-state index is -0.569. The zero-order chi connectivity index (χ0) is 15.7. The number of carbonyl (C=O) groups is 2. The Morgan fingerprint density at radius 2 is 1.81 bits per heavy atom. The Hall–Kier alpha value is -2.04. The van der Waals surface area contributed by atoms with Crippen molar-refractivity contribution in [1.29, 1.82) is 0 Å². The van der Waals surface area contributed by atoms with Crippen LogP contribution in [-0.4, -0.2) is 24.6 Å². The van der Waals surface area contributed by atoms with Crippen LogP contribution >= 0.6 is 0 Å². The molecule has 0 aliphatic heterocycles. The largest absolute Gasteiger partial charge is 0.450 e. The molecule has 0 aliphatic rings. The number of benzene rings is 1. The van der Waals surface area contributed by atoms with Crippen molar-refractivity contribution in [3.05, 3.63) is 35.9 Å². The maximum absolute atomic E-state index is 12.3. The van der Waals surface area contributed by atoms with Gasteiger partial charge in [-0.1, -0.05) is 43.7 Å². The minimum Gasteiger partial charge on any atom is -0.450 e. The molecule has 116 valence electrons. The highest BCUT2D eigenvalue weighted by Crippen LogP contribution is 2.11. The average molecular weight is 292 g/mol. The maximum atomic E-state index is 12.3. The van der Waals surface area contributed by atoms with E-state index in [0.29, 0.717) is 6.42 Å². The molecule has 1 rings (SSSR count). The van der Waals surface area contributed by atoms with Crippen LogP contribution in [0.25, 0.3) is 0 Å². The highest BCUT2D eigenvalue weighted by atomic mass is 16.5. The van der Waals surface area contributed by atoms with E-state index in [2.05, 4.69) is 10.6 Å². The molecule has 0 unspecified atom stereocenters. The van der Waals surface area contributed by atoms with Crippen LogP contribution in [0.5, 0.6) is 0 Å². The smallest absolute Gasteiger partial charge is 0.407 e. The lowest BCUT2D eigenvalue weighted by Gasteiger charge is -2.21. The van der Waals surface area contributed by atoms with Crippen LogP contribution in [-0.2, 0) is 9.53 Å². The number of amides is 2. The normalized spacial score (nSPS) is 13.1. The summed E-state index contributed by atoms with van der Waals surface area (Å²) in [5, 5.41) is 5.52. The fraction of sp³-hybridized carbons (Fsp3) is 0.500. The van der Waals surface area contributed by atoms with Gasteiger partial charge in [0.1, 0.15) is 6.04 Å². The van der Waals surface area contributed by atoms with Gasteiger partial charge in [0, 0.05) is 0 Å². The lowest BCUT2D eigenvalue weighted by atomic mass is 10.1. The fourth-order valence-corrected chi connectivity index (χ4v) is 2.01. The molecule has 0 fully saturated rings. The Kier molecular flexibility index (Phi) is 7.29. The molecular weight excluding hydrogens is 268 g/mol. The molecule has 0 spiro atoms. The second-order valence-electron chi connectivity index (χ2n) is 4.85. The standard InChI is InChI=1S/C16H24N2O3/c1-4-9-14(18-16(20)21-5-2)15(19)17-12(3)13-10-7-6-8-11-13/h6-8,10-12,14H,4-5,9H2,1-3H3,(H,17,19)(H,18,20)/t12-,14-/m1/s1. The van der Waals surface area contributed by atoms with Crippen molar-refractivity contribution in [3.63, 3.8) is 0 Å². The predicted molar refractivity (Wildman–Crippen MR) is 81.9 cm³/mol. The topological polar surface area (TPSA) is 67.4 Å². The lowest BCUT2D eigenvalue weighted by molar-refractivity contribution is -0.123. The van der Waals surface area contributed by atoms with Crippen molar-refractivity contribution in [2.45, 2.75) is 45.7 Å². The van der Waals surface area contributed by atoms with Gasteiger partial charge >= 0.3 is 6.09 Å². The molecule has 2 atom stereocenters. The first-order valence-electron chi connectivity index (χ1n) is 7.37. The van der Waals surface area contributed by atoms with E-state index in [-0.39, 0.29) is 18.6 Å². The van der Waals surface area contributed by atoms with E-state index in [1.807, 2.05) is 44.2 Å². The Morgan fingerprint density at radius 1 is 1.14 bits per heavy atom. The van der Waals surface area contributed by atoms with Crippen molar-refractivity contribution < 1.29 is 14.3 Å². The minimum absolute atomic E-state index is 0.109. The zero-order valence-electron chi connectivity index (χ0n) is 12.9. The second kappa shape index (κ2) is 9.00. The van der Waals surface area contributed by atoms with Crippen molar-refractivity contribution in [2.24, 2.45) is 0 Å². The molecule has 0 aliphatic carbocycles. The molecule has 0 heterocycles. The SMILES string of the molecule is CCC[C@@H](NC(=O)OCC)C(=O)N[C@H](C)c1ccccc1. The molecule has 0 saturated carbocycles. The summed E-state index contributed by atoms with van der Waals surface area (Å²) in [6.45, 7) is 5.90. The quantitative estimate of drug-likeness (QED) is 0.812. The molecule has 2 N–H and O–H groups in total. The molecule has 1 aromatic carbocycles. The summed E-state index contributed by atoms with van der Waals surface area (Å²) in [4.78, 5) is 23.8. The first kappa shape index (κ1) is 17.0. The Bertz CT molecular complexity index is 448. The summed E-state index contributed by atoms with van der Waals surface area (Å²) >= 11 is 0. The van der Waals surface area contributed by atoms with Crippen LogP contribution in [0.4, 0.5) is 4.79 Å². The van der Waals surface area contributed by atoms with Crippen LogP contribution in [0.15, 0.2) is 30.3 Å². The summed E-state index contributed by atoms with van der Waals surface area (Å²) in [5.74, 6) is -0.193. The molecule has 0 aromatic heterocycles. The van der Waals surface area contributed by atoms with E-state index in [1.54, 1.807) is 6.92 Å². The van der Waals surface area contributed by atoms with E-state index < -0.39 is 12.1 Å². The summed E-state index contributed by atoms with van der Waals surface area (Å²) in [6.07, 6.45) is 0.814. The molecule has 5 nitrogen and oxygen atoms in total. The third-order valence-corrected chi connectivity index (χ3v) is 3.12. The van der Waals surface area contributed by atoms with Gasteiger partial charge in [-0.15, -0.1) is 0 Å². The van der Waals surface area contributed by atoms with Crippen molar-refractivity contribution >= 4 is 12.0 Å². The number of rotatable bonds is 7. The van der Waals surface area contributed by atoms with Gasteiger partial charge in [0.15, 0.2) is 0 Å². The highest BCUT2D eigenvalue weighted by Gasteiger charge is 2.22. The van der Waals surface area contributed by atoms with E-state index >= 15 is 0 Å². The Labute approximate surface area is 126 Å². The summed E-state index contributed by atoms with van der Waals surface area (Å²) < 4.78 is 4.83. The number of ether oxygens (including phenoxy) is 1. The van der Waals surface area contributed by atoms with Gasteiger partial charge in [-0.2, -0.15) is 0 Å². The van der Waals surface area contributed by atoms with Crippen LogP contribution < -0.4 is 10.6 Å². The average Bonchev–Trinajstić information content (AvgIpc) is 2.48. The monoisotopic (exact) mass is 292 g/mol. The number of alkyl carbamates (subject to hydrolysis) is 1. The summed E-state index contributed by atoms with van der Waals surface area (Å²) in [7, 11) is 0. The molecule has 0 saturated heterocycles. The molecule has 0 radical (unpaired) electrons. The van der Waals surface area contributed by atoms with Gasteiger partial charge in [-0.3, -0.25) is 4.79 Å². The summed E-state index contributed by atoms with van der Waals surface area (Å²) in [6, 6.07) is 9.02. The second-order valence-corrected chi connectivity index (χ2v) is 4.85. The fourth-order valence-electron chi connectivity index (χ4n) is 2.01. The third kappa shape index (κ3) is 5.85. The van der Waals surface area contributed by atoms with Gasteiger partial charge < -0.3 is 15.4 Å². The van der Waals surface area contributed by atoms with Crippen LogP contribution in [0.1, 0.15) is 45.2 Å². The first-order chi connectivity index (χ1) is 10.1. The highest BCUT2D eigenvalue weighted by molar-refractivity contribution is 5.85. The lowest BCUT2D eigenvalue weighted by Crippen LogP contribution is -2.47. The van der Waals surface area contributed by atoms with Gasteiger partial charge in [-0.25, -0.2) is 4.79 Å². The van der Waals surface area contributed by atoms with Gasteiger partial charge in [0.05, 0.1) is 12.6 Å². The first-order valence-corrected chi connectivity index (χ1v) is 7.37. The number of hydrogen-bond donors (Lipinski definition) is 2. The zero-order valence-corrected chi connectivity index (χ0v) is 12.9. The van der Waals surface area contributed by atoms with Gasteiger partial charge in [0.2, 0.25) is 5.91 Å². The number of nitrogens with one attached hydrogen (secondary N) is 2. The van der Waals surface area contributed by atoms with Crippen molar-refractivity contribution in [3.8, 4) is 0 Å². The van der Waals surface area contributed by atoms with Crippen molar-refractivity contribution in [1.82, 2.24) is 10.6 Å². The number of hydrogen-bond acceptors (Lipinski definition) is 3. The van der Waals surface area contributed by atoms with Gasteiger partial charge in [0.25, 0.3) is 0 Å². The van der Waals surface area contributed by atoms with E-state index in [0.717, 1.165) is 12.0 Å². The molecule has 2 amide bonds. The van der Waals surface area contributed by atoms with Gasteiger partial charge in [-0.05, 0) is 25.8 Å². The van der Waals surface area contributed by atoms with E-state index in [4.69, 9.17) is 4.74 Å². The number of carbonyl (C=O) groups excluding carboxylic acids is 2. The van der Waals surface area contributed by atoms with Crippen LogP contribution in [0, 0.1) is 0 Å². The van der Waals surface area contributed by atoms with Crippen LogP contribution in [0.3, 0.4) is 0 Å².